The first kappa shape index (κ1) is 20.2. The first-order valence-corrected chi connectivity index (χ1v) is 9.66. The average Bonchev–Trinajstić information content (AvgIpc) is 2.67. The van der Waals surface area contributed by atoms with E-state index in [1.165, 1.54) is 11.3 Å². The van der Waals surface area contributed by atoms with Crippen molar-refractivity contribution in [2.45, 2.75) is 27.2 Å². The fourth-order valence-corrected chi connectivity index (χ4v) is 3.26. The van der Waals surface area contributed by atoms with E-state index in [4.69, 9.17) is 0 Å². The molecule has 0 aromatic heterocycles. The van der Waals surface area contributed by atoms with Gasteiger partial charge in [-0.2, -0.15) is 0 Å². The summed E-state index contributed by atoms with van der Waals surface area (Å²) in [5, 5.41) is 2.76. The summed E-state index contributed by atoms with van der Waals surface area (Å²) in [4.78, 5) is 30.6. The van der Waals surface area contributed by atoms with Gasteiger partial charge in [0.1, 0.15) is 0 Å². The molecule has 0 atom stereocenters. The van der Waals surface area contributed by atoms with Gasteiger partial charge in [-0.25, -0.2) is 0 Å². The molecule has 1 saturated heterocycles. The molecule has 2 amide bonds. The van der Waals surface area contributed by atoms with E-state index in [1.54, 1.807) is 4.90 Å². The highest BCUT2D eigenvalue weighted by Gasteiger charge is 2.25. The van der Waals surface area contributed by atoms with Gasteiger partial charge >= 0.3 is 11.8 Å². The lowest BCUT2D eigenvalue weighted by atomic mass is 10.2. The number of amides is 2. The Balaban J connectivity index is 1.72. The first-order chi connectivity index (χ1) is 12.5. The van der Waals surface area contributed by atoms with Crippen LogP contribution in [0.2, 0.25) is 0 Å². The van der Waals surface area contributed by atoms with Crippen molar-refractivity contribution in [3.63, 3.8) is 0 Å². The van der Waals surface area contributed by atoms with Crippen LogP contribution in [0.15, 0.2) is 24.3 Å². The first-order valence-electron chi connectivity index (χ1n) is 9.66. The molecule has 0 unspecified atom stereocenters. The number of carbonyl (C=O) groups excluding carboxylic acids is 2. The van der Waals surface area contributed by atoms with Crippen molar-refractivity contribution in [2.75, 3.05) is 57.3 Å². The maximum atomic E-state index is 12.3. The Labute approximate surface area is 157 Å². The normalized spacial score (nSPS) is 14.6. The number of aryl methyl sites for hydroxylation is 1. The lowest BCUT2D eigenvalue weighted by Crippen LogP contribution is -2.52. The minimum Gasteiger partial charge on any atom is -0.368 e. The van der Waals surface area contributed by atoms with E-state index in [9.17, 15) is 9.59 Å². The molecule has 0 radical (unpaired) electrons. The van der Waals surface area contributed by atoms with Crippen LogP contribution in [-0.2, 0) is 9.59 Å². The summed E-state index contributed by atoms with van der Waals surface area (Å²) in [5.41, 5.74) is 2.41. The van der Waals surface area contributed by atoms with E-state index in [0.717, 1.165) is 39.1 Å². The van der Waals surface area contributed by atoms with Crippen molar-refractivity contribution in [3.05, 3.63) is 29.8 Å². The van der Waals surface area contributed by atoms with Crippen LogP contribution in [0, 0.1) is 6.92 Å². The van der Waals surface area contributed by atoms with Gasteiger partial charge in [0, 0.05) is 38.4 Å². The second kappa shape index (κ2) is 10.2. The number of nitrogens with one attached hydrogen (secondary N) is 1. The third kappa shape index (κ3) is 5.73. The van der Waals surface area contributed by atoms with Crippen molar-refractivity contribution in [1.29, 1.82) is 0 Å². The molecular formula is C20H32N4O2. The molecule has 1 aliphatic rings. The van der Waals surface area contributed by atoms with Gasteiger partial charge in [-0.1, -0.05) is 26.0 Å². The van der Waals surface area contributed by atoms with Crippen LogP contribution < -0.4 is 10.2 Å². The van der Waals surface area contributed by atoms with E-state index in [0.29, 0.717) is 19.6 Å². The lowest BCUT2D eigenvalue weighted by Gasteiger charge is -2.35. The Bertz CT molecular complexity index is 593. The van der Waals surface area contributed by atoms with E-state index in [1.807, 2.05) is 6.07 Å². The fourth-order valence-electron chi connectivity index (χ4n) is 3.26. The summed E-state index contributed by atoms with van der Waals surface area (Å²) in [6.07, 6.45) is 0.863. The number of benzene rings is 1. The summed E-state index contributed by atoms with van der Waals surface area (Å²) < 4.78 is 0. The zero-order chi connectivity index (χ0) is 18.9. The highest BCUT2D eigenvalue weighted by Crippen LogP contribution is 2.17. The molecule has 1 aromatic carbocycles. The topological polar surface area (TPSA) is 55.9 Å². The molecule has 1 fully saturated rings. The molecule has 1 aromatic rings. The zero-order valence-corrected chi connectivity index (χ0v) is 16.3. The smallest absolute Gasteiger partial charge is 0.312 e. The van der Waals surface area contributed by atoms with E-state index < -0.39 is 11.8 Å². The maximum Gasteiger partial charge on any atom is 0.312 e. The summed E-state index contributed by atoms with van der Waals surface area (Å²) in [5.74, 6) is -0.884. The van der Waals surface area contributed by atoms with E-state index in [-0.39, 0.29) is 0 Å². The molecule has 6 heteroatoms. The van der Waals surface area contributed by atoms with Gasteiger partial charge in [0.2, 0.25) is 0 Å². The average molecular weight is 361 g/mol. The third-order valence-corrected chi connectivity index (χ3v) is 4.96. The predicted octanol–water partition coefficient (Wildman–Crippen LogP) is 1.49. The Hall–Kier alpha value is -2.08. The summed E-state index contributed by atoms with van der Waals surface area (Å²) in [7, 11) is 0. The highest BCUT2D eigenvalue weighted by atomic mass is 16.2. The minimum atomic E-state index is -0.478. The van der Waals surface area contributed by atoms with Crippen molar-refractivity contribution < 1.29 is 9.59 Å². The molecule has 1 heterocycles. The predicted molar refractivity (Wildman–Crippen MR) is 105 cm³/mol. The molecule has 2 rings (SSSR count). The molecular weight excluding hydrogens is 328 g/mol. The molecule has 0 bridgehead atoms. The van der Waals surface area contributed by atoms with Gasteiger partial charge in [-0.3, -0.25) is 9.59 Å². The molecule has 1 aliphatic heterocycles. The monoisotopic (exact) mass is 360 g/mol. The summed E-state index contributed by atoms with van der Waals surface area (Å²) >= 11 is 0. The van der Waals surface area contributed by atoms with Gasteiger partial charge in [0.05, 0.1) is 0 Å². The van der Waals surface area contributed by atoms with Gasteiger partial charge in [-0.05, 0) is 50.7 Å². The van der Waals surface area contributed by atoms with Gasteiger partial charge in [-0.15, -0.1) is 0 Å². The van der Waals surface area contributed by atoms with E-state index >= 15 is 0 Å². The number of piperazine rings is 1. The molecule has 0 spiro atoms. The molecule has 26 heavy (non-hydrogen) atoms. The minimum absolute atomic E-state index is 0.406. The number of hydrogen-bond acceptors (Lipinski definition) is 4. The number of carbonyl (C=O) groups is 2. The number of rotatable bonds is 7. The van der Waals surface area contributed by atoms with Crippen LogP contribution in [0.25, 0.3) is 0 Å². The van der Waals surface area contributed by atoms with Crippen molar-refractivity contribution >= 4 is 17.5 Å². The van der Waals surface area contributed by atoms with Crippen molar-refractivity contribution in [3.8, 4) is 0 Å². The van der Waals surface area contributed by atoms with Gasteiger partial charge in [0.25, 0.3) is 0 Å². The Morgan fingerprint density at radius 1 is 1.12 bits per heavy atom. The van der Waals surface area contributed by atoms with Crippen LogP contribution in [0.1, 0.15) is 25.8 Å². The van der Waals surface area contributed by atoms with Gasteiger partial charge in [0.15, 0.2) is 0 Å². The van der Waals surface area contributed by atoms with E-state index in [2.05, 4.69) is 54.1 Å². The standard InChI is InChI=1S/C20H32N4O2/c1-4-22(5-2)11-7-10-21-19(25)20(26)24-14-12-23(13-15-24)18-9-6-8-17(3)16-18/h6,8-9,16H,4-5,7,10-15H2,1-3H3,(H,21,25). The highest BCUT2D eigenvalue weighted by molar-refractivity contribution is 6.35. The second-order valence-corrected chi connectivity index (χ2v) is 6.75. The van der Waals surface area contributed by atoms with Crippen LogP contribution >= 0.6 is 0 Å². The SMILES string of the molecule is CCN(CC)CCCNC(=O)C(=O)N1CCN(c2cccc(C)c2)CC1. The van der Waals surface area contributed by atoms with Crippen LogP contribution in [0.4, 0.5) is 5.69 Å². The zero-order valence-electron chi connectivity index (χ0n) is 16.3. The number of hydrogen-bond donors (Lipinski definition) is 1. The molecule has 1 N–H and O–H groups in total. The largest absolute Gasteiger partial charge is 0.368 e. The van der Waals surface area contributed by atoms with Gasteiger partial charge < -0.3 is 20.0 Å². The number of nitrogens with zero attached hydrogens (tertiary/aromatic N) is 3. The lowest BCUT2D eigenvalue weighted by molar-refractivity contribution is -0.146. The quantitative estimate of drug-likeness (QED) is 0.591. The van der Waals surface area contributed by atoms with Crippen LogP contribution in [-0.4, -0.2) is 74.0 Å². The molecule has 6 nitrogen and oxygen atoms in total. The fraction of sp³-hybridized carbons (Fsp3) is 0.600. The van der Waals surface area contributed by atoms with Crippen molar-refractivity contribution in [1.82, 2.24) is 15.1 Å². The van der Waals surface area contributed by atoms with Crippen molar-refractivity contribution in [2.24, 2.45) is 0 Å². The maximum absolute atomic E-state index is 12.3. The van der Waals surface area contributed by atoms with Crippen LogP contribution in [0.3, 0.4) is 0 Å². The molecule has 0 saturated carbocycles. The summed E-state index contributed by atoms with van der Waals surface area (Å²) in [6, 6.07) is 8.37. The van der Waals surface area contributed by atoms with Crippen LogP contribution in [0.5, 0.6) is 0 Å². The molecule has 144 valence electrons. The number of anilines is 1. The third-order valence-electron chi connectivity index (χ3n) is 4.96. The molecule has 0 aliphatic carbocycles. The summed E-state index contributed by atoms with van der Waals surface area (Å²) in [6.45, 7) is 12.5. The Kier molecular flexibility index (Phi) is 7.91. The Morgan fingerprint density at radius 2 is 1.81 bits per heavy atom. The Morgan fingerprint density at radius 3 is 2.42 bits per heavy atom. The second-order valence-electron chi connectivity index (χ2n) is 6.75.